The third-order valence-electron chi connectivity index (χ3n) is 5.26. The lowest BCUT2D eigenvalue weighted by Crippen LogP contribution is -2.48. The van der Waals surface area contributed by atoms with E-state index in [1.165, 1.54) is 0 Å². The summed E-state index contributed by atoms with van der Waals surface area (Å²) in [6, 6.07) is 9.44. The second-order valence-corrected chi connectivity index (χ2v) is 7.05. The van der Waals surface area contributed by atoms with Crippen molar-refractivity contribution in [3.63, 3.8) is 0 Å². The first-order valence-electron chi connectivity index (χ1n) is 8.50. The zero-order chi connectivity index (χ0) is 17.4. The molecule has 2 aliphatic carbocycles. The topological polar surface area (TPSA) is 93.8 Å². The van der Waals surface area contributed by atoms with Crippen molar-refractivity contribution < 1.29 is 9.18 Å². The van der Waals surface area contributed by atoms with Crippen LogP contribution in [0.2, 0.25) is 0 Å². The van der Waals surface area contributed by atoms with Crippen molar-refractivity contribution in [2.24, 2.45) is 11.7 Å². The Labute approximate surface area is 145 Å². The molecule has 2 saturated carbocycles. The number of nitrogens with zero attached hydrogens (tertiary/aromatic N) is 3. The molecule has 4 rings (SSSR count). The smallest absolute Gasteiger partial charge is 0.221 e. The van der Waals surface area contributed by atoms with Gasteiger partial charge in [0.2, 0.25) is 5.91 Å². The number of pyridine rings is 1. The SMILES string of the molecule is NC(=O)[C@H]1C[C@@H]1c1ccc(NCC2(c3ccccn3)CC(F)C2)nn1. The lowest BCUT2D eigenvalue weighted by Gasteiger charge is -2.43. The largest absolute Gasteiger partial charge is 0.369 e. The second-order valence-electron chi connectivity index (χ2n) is 7.05. The Morgan fingerprint density at radius 1 is 1.28 bits per heavy atom. The van der Waals surface area contributed by atoms with Crippen molar-refractivity contribution in [3.05, 3.63) is 47.9 Å². The van der Waals surface area contributed by atoms with Crippen LogP contribution in [0.5, 0.6) is 0 Å². The summed E-state index contributed by atoms with van der Waals surface area (Å²) < 4.78 is 13.6. The van der Waals surface area contributed by atoms with Crippen molar-refractivity contribution in [3.8, 4) is 0 Å². The molecule has 0 bridgehead atoms. The summed E-state index contributed by atoms with van der Waals surface area (Å²) in [5.74, 6) is 0.338. The molecule has 0 unspecified atom stereocenters. The van der Waals surface area contributed by atoms with Crippen molar-refractivity contribution in [2.45, 2.75) is 36.8 Å². The molecule has 25 heavy (non-hydrogen) atoms. The number of nitrogens with two attached hydrogens (primary N) is 1. The van der Waals surface area contributed by atoms with E-state index in [4.69, 9.17) is 5.73 Å². The van der Waals surface area contributed by atoms with Crippen LogP contribution >= 0.6 is 0 Å². The van der Waals surface area contributed by atoms with Gasteiger partial charge in [0.25, 0.3) is 0 Å². The average Bonchev–Trinajstić information content (AvgIpc) is 3.40. The first-order valence-corrected chi connectivity index (χ1v) is 8.50. The van der Waals surface area contributed by atoms with E-state index in [1.807, 2.05) is 30.3 Å². The maximum absolute atomic E-state index is 13.6. The van der Waals surface area contributed by atoms with Crippen LogP contribution in [-0.4, -0.2) is 33.8 Å². The van der Waals surface area contributed by atoms with Crippen LogP contribution in [0.1, 0.15) is 36.6 Å². The van der Waals surface area contributed by atoms with Crippen molar-refractivity contribution >= 4 is 11.7 Å². The van der Waals surface area contributed by atoms with E-state index < -0.39 is 6.17 Å². The standard InChI is InChI=1S/C18H20FN5O/c19-11-8-18(9-11,15-3-1-2-6-21-15)10-22-16-5-4-14(23-24-16)12-7-13(12)17(20)25/h1-6,11-13H,7-10H2,(H2,20,25)(H,22,24)/t11?,12-,13-,18?/m0/s1. The maximum atomic E-state index is 13.6. The second kappa shape index (κ2) is 6.06. The van der Waals surface area contributed by atoms with E-state index in [-0.39, 0.29) is 23.2 Å². The molecule has 0 aromatic carbocycles. The van der Waals surface area contributed by atoms with Crippen LogP contribution in [0.4, 0.5) is 10.2 Å². The van der Waals surface area contributed by atoms with Crippen LogP contribution in [-0.2, 0) is 10.2 Å². The molecule has 0 aliphatic heterocycles. The number of amides is 1. The molecule has 2 atom stereocenters. The van der Waals surface area contributed by atoms with Gasteiger partial charge in [0, 0.05) is 35.7 Å². The number of nitrogens with one attached hydrogen (secondary N) is 1. The summed E-state index contributed by atoms with van der Waals surface area (Å²) in [6.07, 6.45) is 2.63. The first-order chi connectivity index (χ1) is 12.1. The molecule has 0 spiro atoms. The van der Waals surface area contributed by atoms with Crippen LogP contribution < -0.4 is 11.1 Å². The Balaban J connectivity index is 1.41. The van der Waals surface area contributed by atoms with Gasteiger partial charge in [-0.05, 0) is 43.5 Å². The van der Waals surface area contributed by atoms with Crippen LogP contribution in [0.15, 0.2) is 36.5 Å². The Hall–Kier alpha value is -2.57. The Kier molecular flexibility index (Phi) is 3.86. The summed E-state index contributed by atoms with van der Waals surface area (Å²) in [5.41, 5.74) is 6.70. The van der Waals surface area contributed by atoms with Crippen molar-refractivity contribution in [1.82, 2.24) is 15.2 Å². The zero-order valence-electron chi connectivity index (χ0n) is 13.7. The van der Waals surface area contributed by atoms with Gasteiger partial charge >= 0.3 is 0 Å². The van der Waals surface area contributed by atoms with Gasteiger partial charge < -0.3 is 11.1 Å². The molecule has 130 valence electrons. The van der Waals surface area contributed by atoms with E-state index >= 15 is 0 Å². The van der Waals surface area contributed by atoms with Gasteiger partial charge in [-0.2, -0.15) is 5.10 Å². The fraction of sp³-hybridized carbons (Fsp3) is 0.444. The molecular weight excluding hydrogens is 321 g/mol. The van der Waals surface area contributed by atoms with Gasteiger partial charge in [0.05, 0.1) is 5.69 Å². The van der Waals surface area contributed by atoms with E-state index in [0.717, 1.165) is 17.8 Å². The number of alkyl halides is 1. The Morgan fingerprint density at radius 2 is 2.12 bits per heavy atom. The first kappa shape index (κ1) is 15.9. The molecule has 2 aromatic rings. The lowest BCUT2D eigenvalue weighted by atomic mass is 9.65. The molecular formula is C18H20FN5O. The normalized spacial score (nSPS) is 30.4. The number of carbonyl (C=O) groups is 1. The summed E-state index contributed by atoms with van der Waals surface area (Å²) in [4.78, 5) is 15.6. The maximum Gasteiger partial charge on any atom is 0.221 e. The highest BCUT2D eigenvalue weighted by atomic mass is 19.1. The highest BCUT2D eigenvalue weighted by Gasteiger charge is 2.47. The predicted octanol–water partition coefficient (Wildman–Crippen LogP) is 1.94. The predicted molar refractivity (Wildman–Crippen MR) is 90.6 cm³/mol. The van der Waals surface area contributed by atoms with Gasteiger partial charge in [-0.25, -0.2) is 4.39 Å². The lowest BCUT2D eigenvalue weighted by molar-refractivity contribution is -0.119. The molecule has 2 heterocycles. The highest BCUT2D eigenvalue weighted by molar-refractivity contribution is 5.80. The van der Waals surface area contributed by atoms with Crippen molar-refractivity contribution in [1.29, 1.82) is 0 Å². The van der Waals surface area contributed by atoms with Gasteiger partial charge in [-0.15, -0.1) is 5.10 Å². The van der Waals surface area contributed by atoms with Crippen molar-refractivity contribution in [2.75, 3.05) is 11.9 Å². The van der Waals surface area contributed by atoms with E-state index in [2.05, 4.69) is 20.5 Å². The Morgan fingerprint density at radius 3 is 2.68 bits per heavy atom. The highest BCUT2D eigenvalue weighted by Crippen LogP contribution is 2.46. The zero-order valence-corrected chi connectivity index (χ0v) is 13.7. The minimum absolute atomic E-state index is 0.0952. The quantitative estimate of drug-likeness (QED) is 0.837. The summed E-state index contributed by atoms with van der Waals surface area (Å²) >= 11 is 0. The Bertz CT molecular complexity index is 761. The minimum Gasteiger partial charge on any atom is -0.369 e. The van der Waals surface area contributed by atoms with Crippen LogP contribution in [0.25, 0.3) is 0 Å². The van der Waals surface area contributed by atoms with Gasteiger partial charge in [0.1, 0.15) is 12.0 Å². The van der Waals surface area contributed by atoms with Crippen LogP contribution in [0.3, 0.4) is 0 Å². The molecule has 0 saturated heterocycles. The fourth-order valence-electron chi connectivity index (χ4n) is 3.64. The number of primary amides is 1. The van der Waals surface area contributed by atoms with E-state index in [1.54, 1.807) is 6.20 Å². The number of aromatic nitrogens is 3. The number of carbonyl (C=O) groups excluding carboxylic acids is 1. The van der Waals surface area contributed by atoms with E-state index in [0.29, 0.717) is 25.2 Å². The summed E-state index contributed by atoms with van der Waals surface area (Å²) in [7, 11) is 0. The fourth-order valence-corrected chi connectivity index (χ4v) is 3.64. The average molecular weight is 341 g/mol. The number of anilines is 1. The molecule has 6 nitrogen and oxygen atoms in total. The number of halogens is 1. The molecule has 2 fully saturated rings. The van der Waals surface area contributed by atoms with Crippen LogP contribution in [0, 0.1) is 5.92 Å². The molecule has 1 amide bonds. The number of hydrogen-bond donors (Lipinski definition) is 2. The van der Waals surface area contributed by atoms with E-state index in [9.17, 15) is 9.18 Å². The molecule has 7 heteroatoms. The third-order valence-corrected chi connectivity index (χ3v) is 5.26. The third kappa shape index (κ3) is 3.06. The molecule has 2 aliphatic rings. The molecule has 2 aromatic heterocycles. The number of rotatable bonds is 6. The van der Waals surface area contributed by atoms with Gasteiger partial charge in [-0.1, -0.05) is 6.07 Å². The van der Waals surface area contributed by atoms with Gasteiger partial charge in [-0.3, -0.25) is 9.78 Å². The minimum atomic E-state index is -0.780. The summed E-state index contributed by atoms with van der Waals surface area (Å²) in [5, 5.41) is 11.6. The monoisotopic (exact) mass is 341 g/mol. The molecule has 0 radical (unpaired) electrons. The van der Waals surface area contributed by atoms with Gasteiger partial charge in [0.15, 0.2) is 0 Å². The summed E-state index contributed by atoms with van der Waals surface area (Å²) in [6.45, 7) is 0.561. The molecule has 3 N–H and O–H groups in total. The number of hydrogen-bond acceptors (Lipinski definition) is 5.